The SMILES string of the molecule is Cc1ccc(-c2cn3cc(NC(=O)CCN)ccc3n2)cc1C. The molecule has 118 valence electrons. The molecule has 2 aromatic heterocycles. The zero-order valence-corrected chi connectivity index (χ0v) is 13.3. The minimum atomic E-state index is -0.0821. The summed E-state index contributed by atoms with van der Waals surface area (Å²) in [4.78, 5) is 16.3. The van der Waals surface area contributed by atoms with E-state index >= 15 is 0 Å². The van der Waals surface area contributed by atoms with Gasteiger partial charge in [0.05, 0.1) is 11.4 Å². The Bertz CT molecular complexity index is 867. The zero-order valence-electron chi connectivity index (χ0n) is 13.3. The lowest BCUT2D eigenvalue weighted by Crippen LogP contribution is -2.16. The van der Waals surface area contributed by atoms with Gasteiger partial charge in [-0.3, -0.25) is 4.79 Å². The highest BCUT2D eigenvalue weighted by atomic mass is 16.1. The van der Waals surface area contributed by atoms with Crippen molar-refractivity contribution >= 4 is 17.2 Å². The molecule has 3 aromatic rings. The number of aromatic nitrogens is 2. The van der Waals surface area contributed by atoms with Crippen molar-refractivity contribution in [1.29, 1.82) is 0 Å². The molecule has 0 bridgehead atoms. The van der Waals surface area contributed by atoms with E-state index in [2.05, 4.69) is 42.3 Å². The first-order valence-corrected chi connectivity index (χ1v) is 7.63. The number of nitrogens with one attached hydrogen (secondary N) is 1. The molecule has 3 N–H and O–H groups in total. The third-order valence-corrected chi connectivity index (χ3v) is 3.91. The molecule has 0 aliphatic heterocycles. The Labute approximate surface area is 135 Å². The van der Waals surface area contributed by atoms with Gasteiger partial charge in [0.1, 0.15) is 5.65 Å². The fourth-order valence-electron chi connectivity index (χ4n) is 2.46. The van der Waals surface area contributed by atoms with Gasteiger partial charge >= 0.3 is 0 Å². The molecule has 0 aliphatic rings. The minimum absolute atomic E-state index is 0.0821. The summed E-state index contributed by atoms with van der Waals surface area (Å²) in [6.07, 6.45) is 4.15. The van der Waals surface area contributed by atoms with Crippen molar-refractivity contribution in [2.45, 2.75) is 20.3 Å². The van der Waals surface area contributed by atoms with Crippen LogP contribution in [0.3, 0.4) is 0 Å². The smallest absolute Gasteiger partial charge is 0.225 e. The van der Waals surface area contributed by atoms with E-state index in [-0.39, 0.29) is 5.91 Å². The molecule has 3 rings (SSSR count). The lowest BCUT2D eigenvalue weighted by atomic mass is 10.1. The summed E-state index contributed by atoms with van der Waals surface area (Å²) in [6, 6.07) is 10.1. The standard InChI is InChI=1S/C18H20N4O/c1-12-3-4-14(9-13(12)2)16-11-22-10-15(5-6-17(22)21-16)20-18(23)7-8-19/h3-6,9-11H,7-8,19H2,1-2H3,(H,20,23). The normalized spacial score (nSPS) is 10.9. The maximum atomic E-state index is 11.6. The molecular weight excluding hydrogens is 288 g/mol. The van der Waals surface area contributed by atoms with E-state index in [0.717, 1.165) is 22.6 Å². The van der Waals surface area contributed by atoms with Gasteiger partial charge < -0.3 is 15.5 Å². The molecule has 2 heterocycles. The Morgan fingerprint density at radius 3 is 2.74 bits per heavy atom. The highest BCUT2D eigenvalue weighted by molar-refractivity contribution is 5.90. The molecule has 0 saturated carbocycles. The molecule has 0 atom stereocenters. The molecule has 23 heavy (non-hydrogen) atoms. The van der Waals surface area contributed by atoms with Gasteiger partial charge in [-0.05, 0) is 43.2 Å². The summed E-state index contributed by atoms with van der Waals surface area (Å²) in [5.41, 5.74) is 11.5. The van der Waals surface area contributed by atoms with Gasteiger partial charge in [0, 0.05) is 30.9 Å². The van der Waals surface area contributed by atoms with Crippen molar-refractivity contribution < 1.29 is 4.79 Å². The zero-order chi connectivity index (χ0) is 16.4. The monoisotopic (exact) mass is 308 g/mol. The van der Waals surface area contributed by atoms with E-state index in [4.69, 9.17) is 5.73 Å². The first kappa shape index (κ1) is 15.2. The van der Waals surface area contributed by atoms with Gasteiger partial charge in [-0.15, -0.1) is 0 Å². The second-order valence-electron chi connectivity index (χ2n) is 5.70. The number of aryl methyl sites for hydroxylation is 2. The number of rotatable bonds is 4. The molecule has 5 nitrogen and oxygen atoms in total. The van der Waals surface area contributed by atoms with E-state index in [1.165, 1.54) is 11.1 Å². The second-order valence-corrected chi connectivity index (χ2v) is 5.70. The van der Waals surface area contributed by atoms with Crippen molar-refractivity contribution in [1.82, 2.24) is 9.38 Å². The fraction of sp³-hybridized carbons (Fsp3) is 0.222. The van der Waals surface area contributed by atoms with E-state index < -0.39 is 0 Å². The molecular formula is C18H20N4O. The van der Waals surface area contributed by atoms with Crippen LogP contribution < -0.4 is 11.1 Å². The first-order valence-electron chi connectivity index (χ1n) is 7.63. The predicted molar refractivity (Wildman–Crippen MR) is 92.4 cm³/mol. The Balaban J connectivity index is 1.92. The summed E-state index contributed by atoms with van der Waals surface area (Å²) in [5, 5.41) is 2.83. The summed E-state index contributed by atoms with van der Waals surface area (Å²) >= 11 is 0. The molecule has 5 heteroatoms. The van der Waals surface area contributed by atoms with Crippen LogP contribution in [0, 0.1) is 13.8 Å². The molecule has 0 saturated heterocycles. The van der Waals surface area contributed by atoms with Crippen LogP contribution in [-0.4, -0.2) is 21.8 Å². The number of fused-ring (bicyclic) bond motifs is 1. The number of anilines is 1. The average molecular weight is 308 g/mol. The van der Waals surface area contributed by atoms with E-state index in [9.17, 15) is 4.79 Å². The molecule has 0 spiro atoms. The Morgan fingerprint density at radius 2 is 2.00 bits per heavy atom. The van der Waals surface area contributed by atoms with Gasteiger partial charge in [0.15, 0.2) is 0 Å². The van der Waals surface area contributed by atoms with Crippen LogP contribution in [0.4, 0.5) is 5.69 Å². The highest BCUT2D eigenvalue weighted by Gasteiger charge is 2.07. The van der Waals surface area contributed by atoms with Crippen LogP contribution in [-0.2, 0) is 4.79 Å². The molecule has 0 aliphatic carbocycles. The van der Waals surface area contributed by atoms with Gasteiger partial charge in [0.25, 0.3) is 0 Å². The van der Waals surface area contributed by atoms with Crippen molar-refractivity contribution in [3.63, 3.8) is 0 Å². The molecule has 0 unspecified atom stereocenters. The van der Waals surface area contributed by atoms with Gasteiger partial charge in [-0.2, -0.15) is 0 Å². The number of carbonyl (C=O) groups excluding carboxylic acids is 1. The Hall–Kier alpha value is -2.66. The maximum Gasteiger partial charge on any atom is 0.225 e. The topological polar surface area (TPSA) is 72.4 Å². The molecule has 1 aromatic carbocycles. The number of nitrogens with zero attached hydrogens (tertiary/aromatic N) is 2. The second kappa shape index (κ2) is 6.22. The van der Waals surface area contributed by atoms with Crippen LogP contribution >= 0.6 is 0 Å². The largest absolute Gasteiger partial charge is 0.330 e. The van der Waals surface area contributed by atoms with Crippen molar-refractivity contribution in [3.05, 3.63) is 53.9 Å². The lowest BCUT2D eigenvalue weighted by molar-refractivity contribution is -0.116. The number of carbonyl (C=O) groups is 1. The summed E-state index contributed by atoms with van der Waals surface area (Å²) in [6.45, 7) is 4.54. The predicted octanol–water partition coefficient (Wildman–Crippen LogP) is 2.91. The van der Waals surface area contributed by atoms with Crippen molar-refractivity contribution in [3.8, 4) is 11.3 Å². The van der Waals surface area contributed by atoms with Gasteiger partial charge in [-0.1, -0.05) is 12.1 Å². The number of hydrogen-bond acceptors (Lipinski definition) is 3. The number of benzene rings is 1. The van der Waals surface area contributed by atoms with Crippen LogP contribution in [0.2, 0.25) is 0 Å². The number of amides is 1. The van der Waals surface area contributed by atoms with E-state index in [1.807, 2.05) is 28.9 Å². The molecule has 0 radical (unpaired) electrons. The van der Waals surface area contributed by atoms with Crippen LogP contribution in [0.15, 0.2) is 42.7 Å². The minimum Gasteiger partial charge on any atom is -0.330 e. The quantitative estimate of drug-likeness (QED) is 0.778. The number of imidazole rings is 1. The van der Waals surface area contributed by atoms with E-state index in [0.29, 0.717) is 13.0 Å². The lowest BCUT2D eigenvalue weighted by Gasteiger charge is -2.04. The van der Waals surface area contributed by atoms with Crippen LogP contribution in [0.25, 0.3) is 16.9 Å². The fourth-order valence-corrected chi connectivity index (χ4v) is 2.46. The number of pyridine rings is 1. The summed E-state index contributed by atoms with van der Waals surface area (Å²) in [5.74, 6) is -0.0821. The van der Waals surface area contributed by atoms with Gasteiger partial charge in [-0.25, -0.2) is 4.98 Å². The Kier molecular flexibility index (Phi) is 4.12. The average Bonchev–Trinajstić information content (AvgIpc) is 2.93. The number of nitrogens with two attached hydrogens (primary N) is 1. The van der Waals surface area contributed by atoms with Crippen molar-refractivity contribution in [2.75, 3.05) is 11.9 Å². The summed E-state index contributed by atoms with van der Waals surface area (Å²) < 4.78 is 1.92. The third kappa shape index (κ3) is 3.24. The Morgan fingerprint density at radius 1 is 1.17 bits per heavy atom. The van der Waals surface area contributed by atoms with Crippen molar-refractivity contribution in [2.24, 2.45) is 5.73 Å². The van der Waals surface area contributed by atoms with Crippen LogP contribution in [0.1, 0.15) is 17.5 Å². The number of hydrogen-bond donors (Lipinski definition) is 2. The third-order valence-electron chi connectivity index (χ3n) is 3.91. The highest BCUT2D eigenvalue weighted by Crippen LogP contribution is 2.23. The molecule has 1 amide bonds. The summed E-state index contributed by atoms with van der Waals surface area (Å²) in [7, 11) is 0. The van der Waals surface area contributed by atoms with Gasteiger partial charge in [0.2, 0.25) is 5.91 Å². The van der Waals surface area contributed by atoms with Crippen LogP contribution in [0.5, 0.6) is 0 Å². The molecule has 0 fully saturated rings. The first-order chi connectivity index (χ1) is 11.1. The van der Waals surface area contributed by atoms with E-state index in [1.54, 1.807) is 0 Å². The maximum absolute atomic E-state index is 11.6.